The number of rotatable bonds is 3. The van der Waals surface area contributed by atoms with E-state index >= 15 is 0 Å². The van der Waals surface area contributed by atoms with Gasteiger partial charge >= 0.3 is 5.69 Å². The molecule has 2 aromatic rings. The molecule has 0 atom stereocenters. The monoisotopic (exact) mass is 270 g/mol. The number of hydrogen-bond donors (Lipinski definition) is 0. The van der Waals surface area contributed by atoms with E-state index in [-0.39, 0.29) is 10.7 Å². The molecule has 6 heteroatoms. The number of aromatic nitrogens is 1. The van der Waals surface area contributed by atoms with Crippen LogP contribution in [0, 0.1) is 16.0 Å². The average molecular weight is 271 g/mol. The fraction of sp³-hybridized carbons (Fsp3) is 0.364. The molecule has 0 spiro atoms. The largest absolute Gasteiger partial charge is 0.310 e. The molecule has 0 unspecified atom stereocenters. The van der Waals surface area contributed by atoms with Crippen molar-refractivity contribution >= 4 is 38.8 Å². The van der Waals surface area contributed by atoms with Gasteiger partial charge in [-0.2, -0.15) is 0 Å². The summed E-state index contributed by atoms with van der Waals surface area (Å²) in [5.74, 6) is 0.299. The first-order chi connectivity index (χ1) is 8.00. The van der Waals surface area contributed by atoms with E-state index in [2.05, 4.69) is 4.98 Å². The highest BCUT2D eigenvalue weighted by Crippen LogP contribution is 2.37. The van der Waals surface area contributed by atoms with E-state index < -0.39 is 4.92 Å². The maximum Gasteiger partial charge on any atom is 0.310 e. The van der Waals surface area contributed by atoms with Crippen LogP contribution in [0.15, 0.2) is 11.4 Å². The van der Waals surface area contributed by atoms with Gasteiger partial charge in [0.2, 0.25) is 0 Å². The van der Waals surface area contributed by atoms with Crippen LogP contribution < -0.4 is 0 Å². The minimum atomic E-state index is -0.438. The normalized spacial score (nSPS) is 11.3. The van der Waals surface area contributed by atoms with E-state index in [1.54, 1.807) is 0 Å². The van der Waals surface area contributed by atoms with Crippen LogP contribution in [0.5, 0.6) is 0 Å². The number of pyridine rings is 1. The Balaban J connectivity index is 2.70. The second kappa shape index (κ2) is 4.58. The van der Waals surface area contributed by atoms with Crippen LogP contribution in [0.3, 0.4) is 0 Å². The molecule has 0 saturated heterocycles. The number of halogens is 1. The number of nitrogens with zero attached hydrogens (tertiary/aromatic N) is 2. The number of fused-ring (bicyclic) bond motifs is 1. The molecule has 0 N–H and O–H groups in total. The minimum absolute atomic E-state index is 0.0460. The lowest BCUT2D eigenvalue weighted by Gasteiger charge is -2.06. The molecular formula is C11H11ClN2O2S. The van der Waals surface area contributed by atoms with Crippen LogP contribution in [0.25, 0.3) is 10.2 Å². The Morgan fingerprint density at radius 1 is 1.59 bits per heavy atom. The smallest absolute Gasteiger partial charge is 0.258 e. The standard InChI is InChI=1S/C11H11ClN2O2S/c1-6(2)5-8-10(14(15)16)9(12)11-7(13-8)3-4-17-11/h3-4,6H,5H2,1-2H3. The lowest BCUT2D eigenvalue weighted by atomic mass is 10.1. The van der Waals surface area contributed by atoms with Crippen molar-refractivity contribution in [3.63, 3.8) is 0 Å². The maximum atomic E-state index is 11.1. The molecule has 0 bridgehead atoms. The maximum absolute atomic E-state index is 11.1. The summed E-state index contributed by atoms with van der Waals surface area (Å²) >= 11 is 7.47. The molecule has 2 aromatic heterocycles. The predicted molar refractivity (Wildman–Crippen MR) is 69.8 cm³/mol. The second-order valence-corrected chi connectivity index (χ2v) is 5.51. The zero-order valence-corrected chi connectivity index (χ0v) is 11.0. The van der Waals surface area contributed by atoms with Gasteiger partial charge in [0.25, 0.3) is 0 Å². The van der Waals surface area contributed by atoms with Gasteiger partial charge in [-0.3, -0.25) is 10.1 Å². The van der Waals surface area contributed by atoms with E-state index in [9.17, 15) is 10.1 Å². The molecule has 4 nitrogen and oxygen atoms in total. The topological polar surface area (TPSA) is 56.0 Å². The lowest BCUT2D eigenvalue weighted by Crippen LogP contribution is -2.03. The Kier molecular flexibility index (Phi) is 3.31. The van der Waals surface area contributed by atoms with Gasteiger partial charge in [-0.15, -0.1) is 11.3 Å². The molecule has 0 aromatic carbocycles. The zero-order chi connectivity index (χ0) is 12.6. The third-order valence-electron chi connectivity index (χ3n) is 2.36. The Hall–Kier alpha value is -1.20. The first-order valence-corrected chi connectivity index (χ1v) is 6.46. The van der Waals surface area contributed by atoms with Gasteiger partial charge in [0.05, 0.1) is 15.1 Å². The van der Waals surface area contributed by atoms with Gasteiger partial charge < -0.3 is 0 Å². The second-order valence-electron chi connectivity index (χ2n) is 4.21. The molecular weight excluding hydrogens is 260 g/mol. The molecule has 17 heavy (non-hydrogen) atoms. The molecule has 0 aliphatic carbocycles. The number of thiophene rings is 1. The van der Waals surface area contributed by atoms with E-state index in [1.165, 1.54) is 11.3 Å². The van der Waals surface area contributed by atoms with Gasteiger partial charge in [0, 0.05) is 0 Å². The Morgan fingerprint density at radius 2 is 2.29 bits per heavy atom. The van der Waals surface area contributed by atoms with Crippen LogP contribution in [-0.2, 0) is 6.42 Å². The molecule has 0 amide bonds. The number of nitro groups is 1. The summed E-state index contributed by atoms with van der Waals surface area (Å²) in [6.45, 7) is 3.99. The molecule has 2 rings (SSSR count). The van der Waals surface area contributed by atoms with E-state index in [1.807, 2.05) is 25.3 Å². The van der Waals surface area contributed by atoms with Crippen molar-refractivity contribution in [3.05, 3.63) is 32.3 Å². The lowest BCUT2D eigenvalue weighted by molar-refractivity contribution is -0.385. The van der Waals surface area contributed by atoms with Crippen LogP contribution >= 0.6 is 22.9 Å². The summed E-state index contributed by atoms with van der Waals surface area (Å²) in [6.07, 6.45) is 0.557. The Morgan fingerprint density at radius 3 is 2.88 bits per heavy atom. The molecule has 0 radical (unpaired) electrons. The van der Waals surface area contributed by atoms with Crippen molar-refractivity contribution in [3.8, 4) is 0 Å². The molecule has 90 valence electrons. The van der Waals surface area contributed by atoms with Crippen molar-refractivity contribution in [1.29, 1.82) is 0 Å². The summed E-state index contributed by atoms with van der Waals surface area (Å²) < 4.78 is 0.686. The summed E-state index contributed by atoms with van der Waals surface area (Å²) in [6, 6.07) is 1.83. The number of hydrogen-bond acceptors (Lipinski definition) is 4. The van der Waals surface area contributed by atoms with Crippen LogP contribution in [0.1, 0.15) is 19.5 Å². The Labute approximate surface area is 107 Å². The van der Waals surface area contributed by atoms with Crippen molar-refractivity contribution in [2.24, 2.45) is 5.92 Å². The highest BCUT2D eigenvalue weighted by atomic mass is 35.5. The van der Waals surface area contributed by atoms with Crippen molar-refractivity contribution < 1.29 is 4.92 Å². The fourth-order valence-corrected chi connectivity index (χ4v) is 2.88. The van der Waals surface area contributed by atoms with E-state index in [0.29, 0.717) is 22.7 Å². The Bertz CT molecular complexity index is 580. The SMILES string of the molecule is CC(C)Cc1nc2ccsc2c(Cl)c1[N+](=O)[O-]. The van der Waals surface area contributed by atoms with E-state index in [4.69, 9.17) is 11.6 Å². The summed E-state index contributed by atoms with van der Waals surface area (Å²) in [5.41, 5.74) is 1.16. The van der Waals surface area contributed by atoms with Gasteiger partial charge in [0.1, 0.15) is 10.7 Å². The van der Waals surface area contributed by atoms with Crippen molar-refractivity contribution in [2.45, 2.75) is 20.3 Å². The third-order valence-corrected chi connectivity index (χ3v) is 3.77. The fourth-order valence-electron chi connectivity index (χ4n) is 1.70. The first kappa shape index (κ1) is 12.3. The van der Waals surface area contributed by atoms with Crippen molar-refractivity contribution in [1.82, 2.24) is 4.98 Å². The first-order valence-electron chi connectivity index (χ1n) is 5.20. The molecule has 0 fully saturated rings. The quantitative estimate of drug-likeness (QED) is 0.624. The van der Waals surface area contributed by atoms with Gasteiger partial charge in [-0.25, -0.2) is 4.98 Å². The van der Waals surface area contributed by atoms with Crippen LogP contribution in [-0.4, -0.2) is 9.91 Å². The summed E-state index contributed by atoms with van der Waals surface area (Å²) in [4.78, 5) is 15.0. The minimum Gasteiger partial charge on any atom is -0.258 e. The van der Waals surface area contributed by atoms with Gasteiger partial charge in [0.15, 0.2) is 0 Å². The third kappa shape index (κ3) is 2.25. The van der Waals surface area contributed by atoms with Gasteiger partial charge in [-0.05, 0) is 23.8 Å². The highest BCUT2D eigenvalue weighted by molar-refractivity contribution is 7.17. The molecule has 0 saturated carbocycles. The highest BCUT2D eigenvalue weighted by Gasteiger charge is 2.24. The molecule has 0 aliphatic heterocycles. The van der Waals surface area contributed by atoms with Crippen LogP contribution in [0.2, 0.25) is 5.02 Å². The zero-order valence-electron chi connectivity index (χ0n) is 9.44. The molecule has 0 aliphatic rings. The predicted octanol–water partition coefficient (Wildman–Crippen LogP) is 4.06. The molecule has 2 heterocycles. The summed E-state index contributed by atoms with van der Waals surface area (Å²) in [7, 11) is 0. The van der Waals surface area contributed by atoms with Crippen LogP contribution in [0.4, 0.5) is 5.69 Å². The van der Waals surface area contributed by atoms with Crippen molar-refractivity contribution in [2.75, 3.05) is 0 Å². The van der Waals surface area contributed by atoms with Gasteiger partial charge in [-0.1, -0.05) is 25.4 Å². The average Bonchev–Trinajstić information content (AvgIpc) is 2.64. The summed E-state index contributed by atoms with van der Waals surface area (Å²) in [5, 5.41) is 13.1. The van der Waals surface area contributed by atoms with E-state index in [0.717, 1.165) is 5.52 Å².